The maximum atomic E-state index is 14.3. The van der Waals surface area contributed by atoms with Gasteiger partial charge in [0.1, 0.15) is 10.8 Å². The van der Waals surface area contributed by atoms with Gasteiger partial charge in [-0.15, -0.1) is 11.3 Å². The Morgan fingerprint density at radius 2 is 1.93 bits per heavy atom. The maximum absolute atomic E-state index is 14.3. The number of ketones is 1. The Kier molecular flexibility index (Phi) is 8.55. The number of carbonyl (C=O) groups excluding carboxylic acids is 2. The molecule has 0 unspecified atom stereocenters. The molecule has 1 saturated carbocycles. The van der Waals surface area contributed by atoms with Gasteiger partial charge < -0.3 is 5.32 Å². The number of Topliss-reactive ketones (excluding diaryl/α,β-unsaturated/α-hetero) is 1. The number of hydrogen-bond acceptors (Lipinski definition) is 5. The Bertz CT molecular complexity index is 904. The van der Waals surface area contributed by atoms with Gasteiger partial charge in [-0.25, -0.2) is 9.87 Å². The van der Waals surface area contributed by atoms with Crippen molar-refractivity contribution in [2.45, 2.75) is 60.3 Å². The number of hydroxylamine groups is 1. The van der Waals surface area contributed by atoms with Crippen molar-refractivity contribution in [3.63, 3.8) is 0 Å². The fraction of sp³-hybridized carbons (Fsp3) is 0.478. The Morgan fingerprint density at radius 1 is 1.27 bits per heavy atom. The van der Waals surface area contributed by atoms with Gasteiger partial charge in [-0.3, -0.25) is 14.4 Å². The summed E-state index contributed by atoms with van der Waals surface area (Å²) in [4.78, 5) is 30.9. The largest absolute Gasteiger partial charge is 0.344 e. The Balaban J connectivity index is 0.00000155. The highest BCUT2D eigenvalue weighted by atomic mass is 32.1. The molecule has 0 radical (unpaired) electrons. The van der Waals surface area contributed by atoms with Crippen LogP contribution in [0.4, 0.5) is 15.1 Å². The summed E-state index contributed by atoms with van der Waals surface area (Å²) in [5.41, 5.74) is 4.53. The summed E-state index contributed by atoms with van der Waals surface area (Å²) in [6, 6.07) is 4.83. The molecule has 1 aliphatic rings. The average Bonchev–Trinajstić information content (AvgIpc) is 3.43. The minimum absolute atomic E-state index is 0.0576. The van der Waals surface area contributed by atoms with Crippen molar-refractivity contribution in [1.82, 2.24) is 5.48 Å². The van der Waals surface area contributed by atoms with Crippen molar-refractivity contribution in [1.29, 1.82) is 0 Å². The smallest absolute Gasteiger partial charge is 0.278 e. The highest BCUT2D eigenvalue weighted by Gasteiger charge is 2.29. The molecule has 1 heterocycles. The first-order valence-electron chi connectivity index (χ1n) is 10.4. The molecule has 0 atom stereocenters. The highest BCUT2D eigenvalue weighted by Crippen LogP contribution is 2.40. The molecule has 7 heteroatoms. The second-order valence-electron chi connectivity index (χ2n) is 7.55. The molecule has 0 saturated heterocycles. The third kappa shape index (κ3) is 5.89. The van der Waals surface area contributed by atoms with Crippen molar-refractivity contribution in [2.24, 2.45) is 5.92 Å². The fourth-order valence-corrected chi connectivity index (χ4v) is 4.24. The molecular weight excluding hydrogens is 403 g/mol. The Hall–Kier alpha value is -2.25. The molecule has 164 valence electrons. The predicted octanol–water partition coefficient (Wildman–Crippen LogP) is 6.36. The third-order valence-corrected chi connectivity index (χ3v) is 5.84. The molecule has 2 N–H and O–H groups in total. The zero-order chi connectivity index (χ0) is 22.4. The summed E-state index contributed by atoms with van der Waals surface area (Å²) in [6.07, 6.45) is 2.22. The molecule has 1 aromatic carbocycles. The molecule has 1 aliphatic carbocycles. The average molecular weight is 435 g/mol. The minimum atomic E-state index is -0.428. The van der Waals surface area contributed by atoms with Crippen LogP contribution in [-0.2, 0) is 4.84 Å². The van der Waals surface area contributed by atoms with Crippen LogP contribution in [0.3, 0.4) is 0 Å². The lowest BCUT2D eigenvalue weighted by atomic mass is 9.97. The Labute approximate surface area is 182 Å². The van der Waals surface area contributed by atoms with E-state index in [0.29, 0.717) is 33.5 Å². The van der Waals surface area contributed by atoms with Crippen LogP contribution < -0.4 is 10.8 Å². The molecular formula is C23H31FN2O3S. The number of thiophene rings is 1. The molecule has 3 rings (SSSR count). The molecule has 1 aromatic heterocycles. The van der Waals surface area contributed by atoms with Crippen LogP contribution in [0.5, 0.6) is 0 Å². The molecule has 0 aliphatic heterocycles. The van der Waals surface area contributed by atoms with Gasteiger partial charge in [0.2, 0.25) is 0 Å². The number of halogens is 1. The number of nitrogens with one attached hydrogen (secondary N) is 2. The van der Waals surface area contributed by atoms with Crippen LogP contribution in [0.2, 0.25) is 0 Å². The quantitative estimate of drug-likeness (QED) is 0.375. The topological polar surface area (TPSA) is 67.4 Å². The van der Waals surface area contributed by atoms with Gasteiger partial charge in [0, 0.05) is 0 Å². The number of anilines is 2. The van der Waals surface area contributed by atoms with Gasteiger partial charge in [-0.2, -0.15) is 0 Å². The number of carbonyl (C=O) groups is 2. The van der Waals surface area contributed by atoms with E-state index in [1.54, 1.807) is 19.1 Å². The van der Waals surface area contributed by atoms with Crippen molar-refractivity contribution >= 4 is 33.7 Å². The highest BCUT2D eigenvalue weighted by molar-refractivity contribution is 7.18. The fourth-order valence-electron chi connectivity index (χ4n) is 2.97. The normalized spacial score (nSPS) is 12.9. The second kappa shape index (κ2) is 10.7. The lowest BCUT2D eigenvalue weighted by Gasteiger charge is -2.13. The first-order chi connectivity index (χ1) is 14.3. The van der Waals surface area contributed by atoms with E-state index in [2.05, 4.69) is 10.8 Å². The standard InChI is InChI=1S/C21H25FN2O3S.C2H6/c1-11(2)17-18(20(26)24-27-10-14-6-7-14)21(28-19(17)13(4)25)23-16-8-5-12(3)9-15(16)22;1-2/h5,8-9,11,14,23H,6-7,10H2,1-4H3,(H,24,26);1-2H3. The number of amides is 1. The lowest BCUT2D eigenvalue weighted by Crippen LogP contribution is -2.26. The molecule has 5 nitrogen and oxygen atoms in total. The molecule has 2 aromatic rings. The van der Waals surface area contributed by atoms with Gasteiger partial charge in [-0.1, -0.05) is 33.8 Å². The van der Waals surface area contributed by atoms with Gasteiger partial charge in [0.15, 0.2) is 5.78 Å². The van der Waals surface area contributed by atoms with Crippen molar-refractivity contribution in [3.05, 3.63) is 45.6 Å². The van der Waals surface area contributed by atoms with Gasteiger partial charge in [0.05, 0.1) is 22.7 Å². The van der Waals surface area contributed by atoms with Crippen LogP contribution in [0, 0.1) is 18.7 Å². The number of aryl methyl sites for hydroxylation is 1. The van der Waals surface area contributed by atoms with E-state index >= 15 is 0 Å². The summed E-state index contributed by atoms with van der Waals surface area (Å²) < 4.78 is 14.3. The third-order valence-electron chi connectivity index (χ3n) is 4.62. The lowest BCUT2D eigenvalue weighted by molar-refractivity contribution is 0.0270. The number of rotatable bonds is 8. The van der Waals surface area contributed by atoms with Gasteiger partial charge in [-0.05, 0) is 61.8 Å². The first kappa shape index (κ1) is 24.0. The monoisotopic (exact) mass is 434 g/mol. The summed E-state index contributed by atoms with van der Waals surface area (Å²) in [5, 5.41) is 3.44. The van der Waals surface area contributed by atoms with E-state index in [9.17, 15) is 14.0 Å². The van der Waals surface area contributed by atoms with Gasteiger partial charge >= 0.3 is 0 Å². The van der Waals surface area contributed by atoms with E-state index in [1.165, 1.54) is 24.3 Å². The summed E-state index contributed by atoms with van der Waals surface area (Å²) >= 11 is 1.17. The zero-order valence-corrected chi connectivity index (χ0v) is 19.3. The molecule has 0 spiro atoms. The summed E-state index contributed by atoms with van der Waals surface area (Å²) in [6.45, 7) is 11.6. The van der Waals surface area contributed by atoms with Gasteiger partial charge in [0.25, 0.3) is 5.91 Å². The van der Waals surface area contributed by atoms with Crippen LogP contribution in [-0.4, -0.2) is 18.3 Å². The number of benzene rings is 1. The maximum Gasteiger partial charge on any atom is 0.278 e. The SMILES string of the molecule is CC.CC(=O)c1sc(Nc2ccc(C)cc2F)c(C(=O)NOCC2CC2)c1C(C)C. The van der Waals surface area contributed by atoms with E-state index in [1.807, 2.05) is 27.7 Å². The van der Waals surface area contributed by atoms with Crippen molar-refractivity contribution < 1.29 is 18.8 Å². The summed E-state index contributed by atoms with van der Waals surface area (Å²) in [7, 11) is 0. The molecule has 0 bridgehead atoms. The second-order valence-corrected chi connectivity index (χ2v) is 8.57. The minimum Gasteiger partial charge on any atom is -0.344 e. The summed E-state index contributed by atoms with van der Waals surface area (Å²) in [5.74, 6) is -0.528. The van der Waals surface area contributed by atoms with Crippen LogP contribution in [0.25, 0.3) is 0 Å². The van der Waals surface area contributed by atoms with Crippen LogP contribution >= 0.6 is 11.3 Å². The van der Waals surface area contributed by atoms with Crippen molar-refractivity contribution in [3.8, 4) is 0 Å². The van der Waals surface area contributed by atoms with Crippen LogP contribution in [0.15, 0.2) is 18.2 Å². The first-order valence-corrected chi connectivity index (χ1v) is 11.2. The zero-order valence-electron chi connectivity index (χ0n) is 18.5. The van der Waals surface area contributed by atoms with E-state index in [-0.39, 0.29) is 17.4 Å². The molecule has 1 fully saturated rings. The number of hydrogen-bond donors (Lipinski definition) is 2. The van der Waals surface area contributed by atoms with E-state index < -0.39 is 11.7 Å². The predicted molar refractivity (Wildman–Crippen MR) is 120 cm³/mol. The van der Waals surface area contributed by atoms with Crippen molar-refractivity contribution in [2.75, 3.05) is 11.9 Å². The van der Waals surface area contributed by atoms with Crippen LogP contribution in [0.1, 0.15) is 84.5 Å². The molecule has 1 amide bonds. The van der Waals surface area contributed by atoms with E-state index in [0.717, 1.165) is 18.4 Å². The molecule has 30 heavy (non-hydrogen) atoms. The van der Waals surface area contributed by atoms with E-state index in [4.69, 9.17) is 4.84 Å². The Morgan fingerprint density at radius 3 is 2.47 bits per heavy atom.